The first-order valence-corrected chi connectivity index (χ1v) is 12.5. The van der Waals surface area contributed by atoms with E-state index in [2.05, 4.69) is 79.8 Å². The Labute approximate surface area is 156 Å². The molecule has 0 aromatic heterocycles. The van der Waals surface area contributed by atoms with Crippen LogP contribution in [-0.4, -0.2) is 15.4 Å². The summed E-state index contributed by atoms with van der Waals surface area (Å²) in [5.41, 5.74) is 3.89. The number of benzene rings is 1. The summed E-state index contributed by atoms with van der Waals surface area (Å²) in [5.74, 6) is 0. The number of fused-ring (bicyclic) bond motifs is 1. The maximum absolute atomic E-state index is 6.77. The molecule has 0 amide bonds. The highest BCUT2D eigenvalue weighted by molar-refractivity contribution is 6.74. The molecule has 0 N–H and O–H groups in total. The molecular formula is C22H38O2Si. The summed E-state index contributed by atoms with van der Waals surface area (Å²) in [6, 6.07) is 6.70. The molecule has 1 unspecified atom stereocenters. The Morgan fingerprint density at radius 3 is 2.08 bits per heavy atom. The van der Waals surface area contributed by atoms with Gasteiger partial charge >= 0.3 is 0 Å². The summed E-state index contributed by atoms with van der Waals surface area (Å²) >= 11 is 0. The van der Waals surface area contributed by atoms with E-state index in [0.29, 0.717) is 0 Å². The SMILES string of the molecule is COC(C)(c1cccc2c1CC[C@@H]2O[Si](C)(C)C(C)(C)C)C(C)(C)C. The standard InChI is InChI=1S/C22H38O2Si/c1-20(2,3)22(7,23-8)18-13-11-12-17-16(18)14-15-19(17)24-25(9,10)21(4,5)6/h11-13,19H,14-15H2,1-10H3/t19-,22?/m0/s1. The second-order valence-corrected chi connectivity index (χ2v) is 15.0. The minimum atomic E-state index is -1.78. The van der Waals surface area contributed by atoms with Gasteiger partial charge in [-0.2, -0.15) is 0 Å². The van der Waals surface area contributed by atoms with Gasteiger partial charge in [0.25, 0.3) is 0 Å². The molecule has 0 saturated heterocycles. The van der Waals surface area contributed by atoms with Crippen LogP contribution in [0.5, 0.6) is 0 Å². The lowest BCUT2D eigenvalue weighted by Gasteiger charge is -2.42. The Morgan fingerprint density at radius 2 is 1.60 bits per heavy atom. The van der Waals surface area contributed by atoms with E-state index in [0.717, 1.165) is 12.8 Å². The van der Waals surface area contributed by atoms with Crippen molar-refractivity contribution in [3.05, 3.63) is 34.9 Å². The summed E-state index contributed by atoms with van der Waals surface area (Å²) in [5, 5.41) is 0.236. The van der Waals surface area contributed by atoms with Gasteiger partial charge in [0.15, 0.2) is 8.32 Å². The molecule has 2 nitrogen and oxygen atoms in total. The molecule has 1 aromatic carbocycles. The number of hydrogen-bond donors (Lipinski definition) is 0. The molecule has 142 valence electrons. The van der Waals surface area contributed by atoms with E-state index < -0.39 is 8.32 Å². The van der Waals surface area contributed by atoms with Gasteiger partial charge in [-0.25, -0.2) is 0 Å². The Kier molecular flexibility index (Phi) is 5.38. The molecule has 1 aromatic rings. The summed E-state index contributed by atoms with van der Waals surface area (Å²) in [7, 11) is 0.0586. The first-order chi connectivity index (χ1) is 11.2. The molecule has 0 fully saturated rings. The summed E-state index contributed by atoms with van der Waals surface area (Å²) in [6.45, 7) is 20.6. The molecule has 1 aliphatic rings. The molecular weight excluding hydrogens is 324 g/mol. The van der Waals surface area contributed by atoms with Crippen LogP contribution in [0.25, 0.3) is 0 Å². The minimum absolute atomic E-state index is 0.0231. The monoisotopic (exact) mass is 362 g/mol. The second kappa shape index (κ2) is 6.51. The highest BCUT2D eigenvalue weighted by Crippen LogP contribution is 2.49. The van der Waals surface area contributed by atoms with Crippen molar-refractivity contribution in [2.75, 3.05) is 7.11 Å². The van der Waals surface area contributed by atoms with Gasteiger partial charge in [0.05, 0.1) is 11.7 Å². The van der Waals surface area contributed by atoms with Gasteiger partial charge in [-0.1, -0.05) is 59.7 Å². The minimum Gasteiger partial charge on any atom is -0.410 e. The van der Waals surface area contributed by atoms with Gasteiger partial charge in [-0.15, -0.1) is 0 Å². The lowest BCUT2D eigenvalue weighted by Crippen LogP contribution is -2.41. The summed E-state index contributed by atoms with van der Waals surface area (Å²) in [6.07, 6.45) is 2.40. The fourth-order valence-corrected chi connectivity index (χ4v) is 4.85. The zero-order valence-corrected chi connectivity index (χ0v) is 19.0. The van der Waals surface area contributed by atoms with Crippen LogP contribution in [0.4, 0.5) is 0 Å². The van der Waals surface area contributed by atoms with E-state index in [9.17, 15) is 0 Å². The smallest absolute Gasteiger partial charge is 0.192 e. The van der Waals surface area contributed by atoms with E-state index >= 15 is 0 Å². The molecule has 0 saturated carbocycles. The van der Waals surface area contributed by atoms with Gasteiger partial charge in [-0.05, 0) is 60.0 Å². The van der Waals surface area contributed by atoms with Crippen molar-refractivity contribution >= 4 is 8.32 Å². The lowest BCUT2D eigenvalue weighted by atomic mass is 9.71. The predicted molar refractivity (Wildman–Crippen MR) is 110 cm³/mol. The molecule has 25 heavy (non-hydrogen) atoms. The van der Waals surface area contributed by atoms with Gasteiger partial charge in [0.1, 0.15) is 0 Å². The molecule has 0 aliphatic heterocycles. The molecule has 2 atom stereocenters. The fourth-order valence-electron chi connectivity index (χ4n) is 3.54. The van der Waals surface area contributed by atoms with Crippen LogP contribution in [0.3, 0.4) is 0 Å². The molecule has 0 bridgehead atoms. The third kappa shape index (κ3) is 3.61. The maximum atomic E-state index is 6.77. The molecule has 0 radical (unpaired) electrons. The molecule has 2 rings (SSSR count). The first kappa shape index (κ1) is 20.7. The molecule has 0 spiro atoms. The van der Waals surface area contributed by atoms with Crippen LogP contribution in [-0.2, 0) is 21.2 Å². The third-order valence-corrected chi connectivity index (χ3v) is 11.3. The third-order valence-electron chi connectivity index (χ3n) is 6.81. The highest BCUT2D eigenvalue weighted by atomic mass is 28.4. The van der Waals surface area contributed by atoms with E-state index in [1.165, 1.54) is 16.7 Å². The Balaban J connectivity index is 2.44. The van der Waals surface area contributed by atoms with Crippen LogP contribution < -0.4 is 0 Å². The van der Waals surface area contributed by atoms with Crippen LogP contribution in [0.15, 0.2) is 18.2 Å². The van der Waals surface area contributed by atoms with Crippen molar-refractivity contribution in [1.29, 1.82) is 0 Å². The zero-order valence-electron chi connectivity index (χ0n) is 18.0. The quantitative estimate of drug-likeness (QED) is 0.561. The Hall–Kier alpha value is -0.643. The van der Waals surface area contributed by atoms with Crippen molar-refractivity contribution in [3.8, 4) is 0 Å². The summed E-state index contributed by atoms with van der Waals surface area (Å²) in [4.78, 5) is 0. The normalized spacial score (nSPS) is 21.1. The molecule has 0 heterocycles. The maximum Gasteiger partial charge on any atom is 0.192 e. The largest absolute Gasteiger partial charge is 0.410 e. The average Bonchev–Trinajstić information content (AvgIpc) is 2.86. The van der Waals surface area contributed by atoms with E-state index in [1.807, 2.05) is 7.11 Å². The highest BCUT2D eigenvalue weighted by Gasteiger charge is 2.44. The van der Waals surface area contributed by atoms with Gasteiger partial charge < -0.3 is 9.16 Å². The van der Waals surface area contributed by atoms with Crippen molar-refractivity contribution in [1.82, 2.24) is 0 Å². The lowest BCUT2D eigenvalue weighted by molar-refractivity contribution is -0.0842. The Bertz CT molecular complexity index is 622. The second-order valence-electron chi connectivity index (χ2n) is 10.3. The van der Waals surface area contributed by atoms with Crippen molar-refractivity contribution in [3.63, 3.8) is 0 Å². The van der Waals surface area contributed by atoms with Crippen molar-refractivity contribution in [2.24, 2.45) is 5.41 Å². The van der Waals surface area contributed by atoms with Crippen molar-refractivity contribution in [2.45, 2.75) is 91.1 Å². The molecule has 3 heteroatoms. The zero-order chi connectivity index (χ0) is 19.3. The average molecular weight is 363 g/mol. The van der Waals surface area contributed by atoms with Crippen molar-refractivity contribution < 1.29 is 9.16 Å². The van der Waals surface area contributed by atoms with E-state index in [-0.39, 0.29) is 22.2 Å². The van der Waals surface area contributed by atoms with Gasteiger partial charge in [0.2, 0.25) is 0 Å². The van der Waals surface area contributed by atoms with Crippen LogP contribution in [0, 0.1) is 5.41 Å². The van der Waals surface area contributed by atoms with Crippen LogP contribution in [0.2, 0.25) is 18.1 Å². The van der Waals surface area contributed by atoms with E-state index in [1.54, 1.807) is 0 Å². The van der Waals surface area contributed by atoms with Crippen LogP contribution >= 0.6 is 0 Å². The fraction of sp³-hybridized carbons (Fsp3) is 0.727. The Morgan fingerprint density at radius 1 is 1.00 bits per heavy atom. The van der Waals surface area contributed by atoms with E-state index in [4.69, 9.17) is 9.16 Å². The van der Waals surface area contributed by atoms with Crippen LogP contribution in [0.1, 0.15) is 77.7 Å². The number of rotatable bonds is 4. The van der Waals surface area contributed by atoms with Gasteiger partial charge in [-0.3, -0.25) is 0 Å². The van der Waals surface area contributed by atoms with Gasteiger partial charge in [0, 0.05) is 7.11 Å². The number of methoxy groups -OCH3 is 1. The topological polar surface area (TPSA) is 18.5 Å². The first-order valence-electron chi connectivity index (χ1n) is 9.60. The number of hydrogen-bond acceptors (Lipinski definition) is 2. The molecule has 1 aliphatic carbocycles. The summed E-state index contributed by atoms with van der Waals surface area (Å²) < 4.78 is 12.8. The number of ether oxygens (including phenoxy) is 1. The predicted octanol–water partition coefficient (Wildman–Crippen LogP) is 6.60.